The number of aliphatic hydroxyl groups is 1. The number of nitrogens with one attached hydrogen (secondary N) is 1. The minimum atomic E-state index is 0.267. The average molecular weight is 198 g/mol. The molecule has 14 heavy (non-hydrogen) atoms. The van der Waals surface area contributed by atoms with Crippen LogP contribution in [-0.4, -0.2) is 48.3 Å². The van der Waals surface area contributed by atoms with Crippen molar-refractivity contribution in [2.24, 2.45) is 0 Å². The third-order valence-electron chi connectivity index (χ3n) is 3.37. The van der Waals surface area contributed by atoms with Crippen molar-refractivity contribution in [3.8, 4) is 0 Å². The molecule has 0 aromatic carbocycles. The number of nitrogens with zero attached hydrogens (tertiary/aromatic N) is 1. The summed E-state index contributed by atoms with van der Waals surface area (Å²) < 4.78 is 0. The van der Waals surface area contributed by atoms with Crippen molar-refractivity contribution in [2.75, 3.05) is 26.2 Å². The maximum atomic E-state index is 8.74. The van der Waals surface area contributed by atoms with Crippen LogP contribution < -0.4 is 5.32 Å². The molecule has 0 aromatic rings. The molecular weight excluding hydrogens is 176 g/mol. The van der Waals surface area contributed by atoms with Gasteiger partial charge in [0.05, 0.1) is 6.61 Å². The predicted molar refractivity (Wildman–Crippen MR) is 57.3 cm³/mol. The van der Waals surface area contributed by atoms with Crippen molar-refractivity contribution in [2.45, 2.75) is 44.2 Å². The second kappa shape index (κ2) is 5.10. The first-order chi connectivity index (χ1) is 6.90. The van der Waals surface area contributed by atoms with Gasteiger partial charge in [0, 0.05) is 18.6 Å². The fraction of sp³-hybridized carbons (Fsp3) is 1.00. The van der Waals surface area contributed by atoms with Crippen LogP contribution in [0.25, 0.3) is 0 Å². The van der Waals surface area contributed by atoms with Gasteiger partial charge in [-0.2, -0.15) is 0 Å². The summed E-state index contributed by atoms with van der Waals surface area (Å²) in [6, 6.07) is 1.57. The lowest BCUT2D eigenvalue weighted by molar-refractivity contribution is 0.265. The second-order valence-electron chi connectivity index (χ2n) is 4.57. The predicted octanol–water partition coefficient (Wildman–Crippen LogP) is 0.585. The molecule has 1 heterocycles. The van der Waals surface area contributed by atoms with E-state index in [0.717, 1.165) is 12.6 Å². The molecule has 0 amide bonds. The molecule has 1 saturated heterocycles. The number of aliphatic hydroxyl groups excluding tert-OH is 1. The van der Waals surface area contributed by atoms with Gasteiger partial charge in [-0.25, -0.2) is 0 Å². The van der Waals surface area contributed by atoms with Gasteiger partial charge < -0.3 is 15.3 Å². The molecule has 0 aromatic heterocycles. The first kappa shape index (κ1) is 10.4. The quantitative estimate of drug-likeness (QED) is 0.694. The minimum absolute atomic E-state index is 0.267. The molecule has 2 N–H and O–H groups in total. The summed E-state index contributed by atoms with van der Waals surface area (Å²) in [6.45, 7) is 3.58. The molecule has 0 radical (unpaired) electrons. The molecular formula is C11H22N2O. The summed E-state index contributed by atoms with van der Waals surface area (Å²) in [7, 11) is 0. The summed E-state index contributed by atoms with van der Waals surface area (Å²) >= 11 is 0. The Balaban J connectivity index is 1.70. The van der Waals surface area contributed by atoms with Gasteiger partial charge >= 0.3 is 0 Å². The van der Waals surface area contributed by atoms with E-state index in [4.69, 9.17) is 5.11 Å². The Hall–Kier alpha value is -0.120. The van der Waals surface area contributed by atoms with Gasteiger partial charge in [0.15, 0.2) is 0 Å². The molecule has 3 nitrogen and oxygen atoms in total. The maximum absolute atomic E-state index is 8.74. The highest BCUT2D eigenvalue weighted by Crippen LogP contribution is 2.28. The molecule has 2 rings (SSSR count). The Morgan fingerprint density at radius 2 is 2.00 bits per heavy atom. The van der Waals surface area contributed by atoms with E-state index < -0.39 is 0 Å². The van der Waals surface area contributed by atoms with Gasteiger partial charge in [-0.1, -0.05) is 0 Å². The molecule has 0 bridgehead atoms. The van der Waals surface area contributed by atoms with Crippen LogP contribution in [0.3, 0.4) is 0 Å². The van der Waals surface area contributed by atoms with Gasteiger partial charge in [0.1, 0.15) is 0 Å². The smallest absolute Gasteiger partial charge is 0.0556 e. The highest BCUT2D eigenvalue weighted by molar-refractivity contribution is 4.87. The summed E-state index contributed by atoms with van der Waals surface area (Å²) in [6.07, 6.45) is 6.71. The fourth-order valence-corrected chi connectivity index (χ4v) is 2.40. The number of hydrogen-bond donors (Lipinski definition) is 2. The van der Waals surface area contributed by atoms with Gasteiger partial charge in [-0.05, 0) is 45.2 Å². The summed E-state index contributed by atoms with van der Waals surface area (Å²) in [4.78, 5) is 2.65. The van der Waals surface area contributed by atoms with Crippen LogP contribution in [0.5, 0.6) is 0 Å². The topological polar surface area (TPSA) is 35.5 Å². The van der Waals surface area contributed by atoms with Crippen LogP contribution in [0.2, 0.25) is 0 Å². The Morgan fingerprint density at radius 3 is 2.71 bits per heavy atom. The van der Waals surface area contributed by atoms with Crippen molar-refractivity contribution in [3.05, 3.63) is 0 Å². The molecule has 1 saturated carbocycles. The zero-order valence-corrected chi connectivity index (χ0v) is 8.91. The lowest BCUT2D eigenvalue weighted by Crippen LogP contribution is -2.33. The van der Waals surface area contributed by atoms with Crippen LogP contribution in [-0.2, 0) is 0 Å². The Labute approximate surface area is 86.5 Å². The zero-order valence-electron chi connectivity index (χ0n) is 8.91. The first-order valence-corrected chi connectivity index (χ1v) is 5.98. The van der Waals surface area contributed by atoms with E-state index >= 15 is 0 Å². The number of likely N-dealkylation sites (tertiary alicyclic amines) is 1. The van der Waals surface area contributed by atoms with E-state index in [1.54, 1.807) is 0 Å². The Morgan fingerprint density at radius 1 is 1.14 bits per heavy atom. The van der Waals surface area contributed by atoms with Crippen LogP contribution in [0.4, 0.5) is 0 Å². The summed E-state index contributed by atoms with van der Waals surface area (Å²) in [5.41, 5.74) is 0. The second-order valence-corrected chi connectivity index (χ2v) is 4.57. The van der Waals surface area contributed by atoms with E-state index in [1.165, 1.54) is 45.2 Å². The Kier molecular flexibility index (Phi) is 3.79. The van der Waals surface area contributed by atoms with Crippen molar-refractivity contribution in [1.29, 1.82) is 0 Å². The largest absolute Gasteiger partial charge is 0.395 e. The zero-order chi connectivity index (χ0) is 9.80. The lowest BCUT2D eigenvalue weighted by atomic mass is 10.1. The summed E-state index contributed by atoms with van der Waals surface area (Å²) in [5, 5.41) is 12.2. The molecule has 82 valence electrons. The van der Waals surface area contributed by atoms with Crippen molar-refractivity contribution < 1.29 is 5.11 Å². The molecule has 3 heteroatoms. The van der Waals surface area contributed by atoms with Crippen LogP contribution in [0.1, 0.15) is 32.1 Å². The fourth-order valence-electron chi connectivity index (χ4n) is 2.40. The highest BCUT2D eigenvalue weighted by Gasteiger charge is 2.30. The molecule has 1 aliphatic carbocycles. The van der Waals surface area contributed by atoms with E-state index in [1.807, 2.05) is 0 Å². The van der Waals surface area contributed by atoms with E-state index in [-0.39, 0.29) is 6.61 Å². The average Bonchev–Trinajstić information content (AvgIpc) is 3.01. The number of rotatable bonds is 4. The van der Waals surface area contributed by atoms with Crippen molar-refractivity contribution in [1.82, 2.24) is 10.2 Å². The standard InChI is InChI=1S/C11H22N2O/c14-9-6-12-10-2-1-7-13(8-5-10)11-3-4-11/h10-12,14H,1-9H2. The minimum Gasteiger partial charge on any atom is -0.395 e. The highest BCUT2D eigenvalue weighted by atomic mass is 16.3. The molecule has 1 aliphatic heterocycles. The van der Waals surface area contributed by atoms with Gasteiger partial charge in [0.25, 0.3) is 0 Å². The van der Waals surface area contributed by atoms with E-state index in [2.05, 4.69) is 10.2 Å². The monoisotopic (exact) mass is 198 g/mol. The molecule has 2 aliphatic rings. The van der Waals surface area contributed by atoms with Crippen LogP contribution >= 0.6 is 0 Å². The molecule has 1 unspecified atom stereocenters. The maximum Gasteiger partial charge on any atom is 0.0556 e. The SMILES string of the molecule is OCCNC1CCCN(C2CC2)CC1. The van der Waals surface area contributed by atoms with Gasteiger partial charge in [-0.15, -0.1) is 0 Å². The Bertz CT molecular complexity index is 171. The van der Waals surface area contributed by atoms with E-state index in [9.17, 15) is 0 Å². The normalized spacial score (nSPS) is 30.2. The third-order valence-corrected chi connectivity index (χ3v) is 3.37. The number of hydrogen-bond acceptors (Lipinski definition) is 3. The van der Waals surface area contributed by atoms with Crippen molar-refractivity contribution in [3.63, 3.8) is 0 Å². The van der Waals surface area contributed by atoms with E-state index in [0.29, 0.717) is 6.04 Å². The van der Waals surface area contributed by atoms with Crippen LogP contribution in [0, 0.1) is 0 Å². The van der Waals surface area contributed by atoms with Crippen molar-refractivity contribution >= 4 is 0 Å². The molecule has 0 spiro atoms. The molecule has 2 fully saturated rings. The lowest BCUT2D eigenvalue weighted by Gasteiger charge is -2.19. The van der Waals surface area contributed by atoms with Gasteiger partial charge in [0.2, 0.25) is 0 Å². The first-order valence-electron chi connectivity index (χ1n) is 5.98. The summed E-state index contributed by atoms with van der Waals surface area (Å²) in [5.74, 6) is 0. The molecule has 1 atom stereocenters. The van der Waals surface area contributed by atoms with Gasteiger partial charge in [-0.3, -0.25) is 0 Å². The van der Waals surface area contributed by atoms with Crippen LogP contribution in [0.15, 0.2) is 0 Å². The third kappa shape index (κ3) is 2.94.